The second-order valence-electron chi connectivity index (χ2n) is 3.89. The average Bonchev–Trinajstić information content (AvgIpc) is 2.82. The van der Waals surface area contributed by atoms with Crippen LogP contribution >= 0.6 is 0 Å². The van der Waals surface area contributed by atoms with E-state index in [-0.39, 0.29) is 0 Å². The van der Waals surface area contributed by atoms with Gasteiger partial charge in [0.05, 0.1) is 0 Å². The zero-order valence-electron chi connectivity index (χ0n) is 9.26. The Kier molecular flexibility index (Phi) is 2.38. The van der Waals surface area contributed by atoms with Gasteiger partial charge >= 0.3 is 0 Å². The molecule has 1 heterocycles. The van der Waals surface area contributed by atoms with Crippen LogP contribution in [-0.2, 0) is 6.54 Å². The van der Waals surface area contributed by atoms with Gasteiger partial charge in [-0.1, -0.05) is 41.6 Å². The summed E-state index contributed by atoms with van der Waals surface area (Å²) in [6.07, 6.45) is 0. The maximum Gasteiger partial charge on any atom is 0.175 e. The minimum absolute atomic E-state index is 0.491. The molecular formula is C14H12N2O. The maximum atomic E-state index is 5.74. The lowest BCUT2D eigenvalue weighted by Crippen LogP contribution is -1.98. The Balaban J connectivity index is 2.27. The molecular weight excluding hydrogens is 212 g/mol. The molecule has 2 aromatic carbocycles. The molecule has 2 N–H and O–H groups in total. The number of aromatic nitrogens is 1. The number of fused-ring (bicyclic) bond motifs is 1. The van der Waals surface area contributed by atoms with Crippen LogP contribution in [0.25, 0.3) is 22.2 Å². The van der Waals surface area contributed by atoms with E-state index in [4.69, 9.17) is 10.3 Å². The first kappa shape index (κ1) is 10.1. The van der Waals surface area contributed by atoms with Gasteiger partial charge in [0.1, 0.15) is 5.52 Å². The summed E-state index contributed by atoms with van der Waals surface area (Å²) in [6.45, 7) is 0.491. The lowest BCUT2D eigenvalue weighted by molar-refractivity contribution is 0.440. The minimum atomic E-state index is 0.491. The molecule has 0 radical (unpaired) electrons. The lowest BCUT2D eigenvalue weighted by Gasteiger charge is -2.03. The van der Waals surface area contributed by atoms with E-state index in [0.29, 0.717) is 6.54 Å². The van der Waals surface area contributed by atoms with E-state index in [1.807, 2.05) is 48.5 Å². The molecule has 0 bridgehead atoms. The fourth-order valence-electron chi connectivity index (χ4n) is 2.00. The third-order valence-corrected chi connectivity index (χ3v) is 2.87. The highest BCUT2D eigenvalue weighted by Gasteiger charge is 2.12. The van der Waals surface area contributed by atoms with E-state index < -0.39 is 0 Å². The molecule has 0 unspecified atom stereocenters. The van der Waals surface area contributed by atoms with Gasteiger partial charge in [0, 0.05) is 17.5 Å². The second-order valence-corrected chi connectivity index (χ2v) is 3.89. The Morgan fingerprint density at radius 3 is 2.65 bits per heavy atom. The SMILES string of the molecule is NCc1ccccc1-c1onc2ccccc12. The summed E-state index contributed by atoms with van der Waals surface area (Å²) in [7, 11) is 0. The molecule has 3 rings (SSSR count). The summed E-state index contributed by atoms with van der Waals surface area (Å²) in [4.78, 5) is 0. The van der Waals surface area contributed by atoms with Gasteiger partial charge in [-0.25, -0.2) is 0 Å². The molecule has 1 aromatic heterocycles. The highest BCUT2D eigenvalue weighted by Crippen LogP contribution is 2.30. The molecule has 3 heteroatoms. The Hall–Kier alpha value is -2.13. The predicted octanol–water partition coefficient (Wildman–Crippen LogP) is 2.95. The van der Waals surface area contributed by atoms with E-state index in [2.05, 4.69) is 5.16 Å². The standard InChI is InChI=1S/C14H12N2O/c15-9-10-5-1-2-6-11(10)14-12-7-3-4-8-13(12)16-17-14/h1-8H,9,15H2. The van der Waals surface area contributed by atoms with Crippen molar-refractivity contribution < 1.29 is 4.52 Å². The summed E-state index contributed by atoms with van der Waals surface area (Å²) in [5.74, 6) is 0.793. The van der Waals surface area contributed by atoms with Gasteiger partial charge in [-0.3, -0.25) is 0 Å². The first-order valence-electron chi connectivity index (χ1n) is 5.53. The van der Waals surface area contributed by atoms with E-state index in [1.54, 1.807) is 0 Å². The summed E-state index contributed by atoms with van der Waals surface area (Å²) in [6, 6.07) is 15.8. The molecule has 0 saturated heterocycles. The van der Waals surface area contributed by atoms with Crippen molar-refractivity contribution in [2.24, 2.45) is 5.73 Å². The van der Waals surface area contributed by atoms with E-state index in [9.17, 15) is 0 Å². The lowest BCUT2D eigenvalue weighted by atomic mass is 10.0. The molecule has 0 fully saturated rings. The van der Waals surface area contributed by atoms with Crippen molar-refractivity contribution >= 4 is 10.9 Å². The van der Waals surface area contributed by atoms with Gasteiger partial charge in [-0.15, -0.1) is 0 Å². The Morgan fingerprint density at radius 2 is 1.76 bits per heavy atom. The third kappa shape index (κ3) is 1.61. The number of nitrogens with zero attached hydrogens (tertiary/aromatic N) is 1. The zero-order valence-corrected chi connectivity index (χ0v) is 9.26. The van der Waals surface area contributed by atoms with Crippen LogP contribution in [0.4, 0.5) is 0 Å². The van der Waals surface area contributed by atoms with Crippen LogP contribution in [0.2, 0.25) is 0 Å². The quantitative estimate of drug-likeness (QED) is 0.728. The number of rotatable bonds is 2. The molecule has 17 heavy (non-hydrogen) atoms. The van der Waals surface area contributed by atoms with Crippen LogP contribution in [0.5, 0.6) is 0 Å². The third-order valence-electron chi connectivity index (χ3n) is 2.87. The smallest absolute Gasteiger partial charge is 0.175 e. The predicted molar refractivity (Wildman–Crippen MR) is 67.3 cm³/mol. The van der Waals surface area contributed by atoms with Gasteiger partial charge in [-0.05, 0) is 17.7 Å². The van der Waals surface area contributed by atoms with Gasteiger partial charge in [-0.2, -0.15) is 0 Å². The first-order valence-corrected chi connectivity index (χ1v) is 5.53. The van der Waals surface area contributed by atoms with Crippen molar-refractivity contribution in [3.63, 3.8) is 0 Å². The van der Waals surface area contributed by atoms with Crippen LogP contribution in [0.1, 0.15) is 5.56 Å². The topological polar surface area (TPSA) is 52.0 Å². The number of nitrogens with two attached hydrogens (primary N) is 1. The van der Waals surface area contributed by atoms with Crippen LogP contribution in [0.15, 0.2) is 53.1 Å². The van der Waals surface area contributed by atoms with Crippen molar-refractivity contribution in [3.05, 3.63) is 54.1 Å². The zero-order chi connectivity index (χ0) is 11.7. The van der Waals surface area contributed by atoms with Gasteiger partial charge in [0.15, 0.2) is 5.76 Å². The van der Waals surface area contributed by atoms with Gasteiger partial charge in [0.25, 0.3) is 0 Å². The van der Waals surface area contributed by atoms with Crippen LogP contribution in [-0.4, -0.2) is 5.16 Å². The molecule has 0 spiro atoms. The molecule has 0 aliphatic carbocycles. The Bertz CT molecular complexity index is 658. The van der Waals surface area contributed by atoms with Gasteiger partial charge in [0.2, 0.25) is 0 Å². The summed E-state index contributed by atoms with van der Waals surface area (Å²) in [5, 5.41) is 5.08. The highest BCUT2D eigenvalue weighted by molar-refractivity contribution is 5.92. The highest BCUT2D eigenvalue weighted by atomic mass is 16.5. The normalized spacial score (nSPS) is 10.9. The van der Waals surface area contributed by atoms with Crippen molar-refractivity contribution in [2.45, 2.75) is 6.54 Å². The van der Waals surface area contributed by atoms with Crippen molar-refractivity contribution in [2.75, 3.05) is 0 Å². The fraction of sp³-hybridized carbons (Fsp3) is 0.0714. The monoisotopic (exact) mass is 224 g/mol. The largest absolute Gasteiger partial charge is 0.355 e. The Morgan fingerprint density at radius 1 is 1.00 bits per heavy atom. The summed E-state index contributed by atoms with van der Waals surface area (Å²) in [5.41, 5.74) is 8.69. The van der Waals surface area contributed by atoms with Crippen molar-refractivity contribution in [3.8, 4) is 11.3 Å². The number of hydrogen-bond donors (Lipinski definition) is 1. The van der Waals surface area contributed by atoms with Crippen LogP contribution in [0, 0.1) is 0 Å². The summed E-state index contributed by atoms with van der Waals surface area (Å²) < 4.78 is 5.44. The van der Waals surface area contributed by atoms with Crippen LogP contribution in [0.3, 0.4) is 0 Å². The van der Waals surface area contributed by atoms with Gasteiger partial charge < -0.3 is 10.3 Å². The molecule has 3 nitrogen and oxygen atoms in total. The van der Waals surface area contributed by atoms with E-state index >= 15 is 0 Å². The van der Waals surface area contributed by atoms with Crippen LogP contribution < -0.4 is 5.73 Å². The second kappa shape index (κ2) is 4.03. The average molecular weight is 224 g/mol. The molecule has 0 aliphatic heterocycles. The molecule has 0 saturated carbocycles. The molecule has 0 amide bonds. The molecule has 84 valence electrons. The van der Waals surface area contributed by atoms with E-state index in [1.165, 1.54) is 0 Å². The summed E-state index contributed by atoms with van der Waals surface area (Å²) >= 11 is 0. The van der Waals surface area contributed by atoms with E-state index in [0.717, 1.165) is 27.8 Å². The fourth-order valence-corrected chi connectivity index (χ4v) is 2.00. The maximum absolute atomic E-state index is 5.74. The van der Waals surface area contributed by atoms with Crippen molar-refractivity contribution in [1.29, 1.82) is 0 Å². The number of benzene rings is 2. The first-order chi connectivity index (χ1) is 8.40. The minimum Gasteiger partial charge on any atom is -0.355 e. The molecule has 3 aromatic rings. The molecule has 0 aliphatic rings. The Labute approximate surface area is 98.8 Å². The van der Waals surface area contributed by atoms with Crippen molar-refractivity contribution in [1.82, 2.24) is 5.16 Å². The number of hydrogen-bond acceptors (Lipinski definition) is 3. The molecule has 0 atom stereocenters.